The highest BCUT2D eigenvalue weighted by Crippen LogP contribution is 2.14. The summed E-state index contributed by atoms with van der Waals surface area (Å²) in [6, 6.07) is 6.32. The minimum absolute atomic E-state index is 0.191. The van der Waals surface area contributed by atoms with Crippen LogP contribution in [0.15, 0.2) is 29.3 Å². The van der Waals surface area contributed by atoms with Gasteiger partial charge in [0.15, 0.2) is 5.96 Å². The molecule has 0 radical (unpaired) electrons. The number of methoxy groups -OCH3 is 1. The fraction of sp³-hybridized carbons (Fsp3) is 0.579. The lowest BCUT2D eigenvalue weighted by molar-refractivity contribution is 0.111. The first-order chi connectivity index (χ1) is 13.0. The van der Waals surface area contributed by atoms with Crippen molar-refractivity contribution < 1.29 is 18.7 Å². The highest BCUT2D eigenvalue weighted by Gasteiger charge is 2.23. The quantitative estimate of drug-likeness (QED) is 0.585. The minimum Gasteiger partial charge on any atom is -0.489 e. The van der Waals surface area contributed by atoms with Gasteiger partial charge in [-0.15, -0.1) is 0 Å². The fourth-order valence-electron chi connectivity index (χ4n) is 2.88. The molecule has 1 aromatic rings. The summed E-state index contributed by atoms with van der Waals surface area (Å²) in [7, 11) is 1.40. The van der Waals surface area contributed by atoms with E-state index < -0.39 is 0 Å². The number of aliphatic imine (C=N–C) groups is 1. The average Bonchev–Trinajstić information content (AvgIpc) is 2.66. The number of hydrogen-bond acceptors (Lipinski definition) is 4. The summed E-state index contributed by atoms with van der Waals surface area (Å²) in [6.45, 7) is 6.39. The maximum absolute atomic E-state index is 13.2. The molecule has 27 heavy (non-hydrogen) atoms. The third-order valence-electron chi connectivity index (χ3n) is 4.25. The molecule has 7 nitrogen and oxygen atoms in total. The van der Waals surface area contributed by atoms with Crippen LogP contribution in [0, 0.1) is 5.82 Å². The van der Waals surface area contributed by atoms with Crippen molar-refractivity contribution in [2.45, 2.75) is 38.8 Å². The number of benzene rings is 1. The second-order valence-electron chi connectivity index (χ2n) is 6.48. The Morgan fingerprint density at radius 2 is 2.15 bits per heavy atom. The normalized spacial score (nSPS) is 16.6. The van der Waals surface area contributed by atoms with Gasteiger partial charge in [-0.2, -0.15) is 0 Å². The first-order valence-corrected chi connectivity index (χ1v) is 9.31. The van der Waals surface area contributed by atoms with Gasteiger partial charge < -0.3 is 25.0 Å². The van der Waals surface area contributed by atoms with Crippen molar-refractivity contribution in [1.29, 1.82) is 0 Å². The first kappa shape index (κ1) is 20.8. The molecule has 1 aliphatic heterocycles. The highest BCUT2D eigenvalue weighted by atomic mass is 19.1. The first-order valence-electron chi connectivity index (χ1n) is 9.31. The molecule has 1 amide bonds. The van der Waals surface area contributed by atoms with Gasteiger partial charge in [0.25, 0.3) is 0 Å². The van der Waals surface area contributed by atoms with Crippen LogP contribution in [-0.2, 0) is 4.74 Å². The molecule has 0 aliphatic carbocycles. The zero-order chi connectivity index (χ0) is 19.6. The van der Waals surface area contributed by atoms with Gasteiger partial charge in [-0.1, -0.05) is 6.07 Å². The summed E-state index contributed by atoms with van der Waals surface area (Å²) < 4.78 is 23.7. The number of nitrogens with zero attached hydrogens (tertiary/aromatic N) is 2. The molecule has 0 spiro atoms. The molecule has 2 rings (SSSR count). The number of rotatable bonds is 6. The third-order valence-corrected chi connectivity index (χ3v) is 4.25. The Labute approximate surface area is 159 Å². The molecule has 0 bridgehead atoms. The number of nitrogens with one attached hydrogen (secondary N) is 2. The van der Waals surface area contributed by atoms with Crippen molar-refractivity contribution in [2.75, 3.05) is 33.3 Å². The Hall–Kier alpha value is -2.51. The highest BCUT2D eigenvalue weighted by molar-refractivity contribution is 5.80. The molecule has 150 valence electrons. The zero-order valence-corrected chi connectivity index (χ0v) is 16.2. The predicted molar refractivity (Wildman–Crippen MR) is 103 cm³/mol. The summed E-state index contributed by atoms with van der Waals surface area (Å²) in [6.07, 6.45) is 1.18. The predicted octanol–water partition coefficient (Wildman–Crippen LogP) is 2.38. The molecular formula is C19H29FN4O3. The van der Waals surface area contributed by atoms with E-state index in [9.17, 15) is 9.18 Å². The number of piperidine rings is 1. The van der Waals surface area contributed by atoms with Crippen LogP contribution in [-0.4, -0.2) is 62.4 Å². The van der Waals surface area contributed by atoms with Gasteiger partial charge in [0, 0.05) is 31.7 Å². The van der Waals surface area contributed by atoms with E-state index in [2.05, 4.69) is 15.6 Å². The van der Waals surface area contributed by atoms with Gasteiger partial charge in [-0.05, 0) is 38.8 Å². The number of halogens is 1. The van der Waals surface area contributed by atoms with Gasteiger partial charge in [0.05, 0.1) is 13.7 Å². The average molecular weight is 380 g/mol. The van der Waals surface area contributed by atoms with Gasteiger partial charge in [-0.3, -0.25) is 0 Å². The summed E-state index contributed by atoms with van der Waals surface area (Å²) in [4.78, 5) is 17.8. The Balaban J connectivity index is 1.84. The summed E-state index contributed by atoms with van der Waals surface area (Å²) in [5.41, 5.74) is 0. The molecule has 1 heterocycles. The summed E-state index contributed by atoms with van der Waals surface area (Å²) in [5, 5.41) is 6.63. The van der Waals surface area contributed by atoms with Crippen molar-refractivity contribution >= 4 is 12.1 Å². The Morgan fingerprint density at radius 1 is 1.41 bits per heavy atom. The Kier molecular flexibility index (Phi) is 8.16. The van der Waals surface area contributed by atoms with E-state index in [1.54, 1.807) is 17.0 Å². The van der Waals surface area contributed by atoms with Crippen LogP contribution in [0.3, 0.4) is 0 Å². The van der Waals surface area contributed by atoms with E-state index in [0.29, 0.717) is 31.3 Å². The number of amides is 1. The summed E-state index contributed by atoms with van der Waals surface area (Å²) in [5.74, 6) is 0.881. The molecule has 1 saturated heterocycles. The zero-order valence-electron chi connectivity index (χ0n) is 16.2. The van der Waals surface area contributed by atoms with E-state index in [1.165, 1.54) is 19.2 Å². The van der Waals surface area contributed by atoms with E-state index >= 15 is 0 Å². The van der Waals surface area contributed by atoms with Gasteiger partial charge >= 0.3 is 6.09 Å². The molecule has 1 unspecified atom stereocenters. The van der Waals surface area contributed by atoms with Gasteiger partial charge in [-0.25, -0.2) is 14.2 Å². The van der Waals surface area contributed by atoms with Crippen LogP contribution in [0.2, 0.25) is 0 Å². The Bertz CT molecular complexity index is 633. The molecule has 1 atom stereocenters. The number of ether oxygens (including phenoxy) is 2. The van der Waals surface area contributed by atoms with Crippen molar-refractivity contribution in [3.05, 3.63) is 30.1 Å². The summed E-state index contributed by atoms with van der Waals surface area (Å²) >= 11 is 0. The SMILES string of the molecule is CCNC(=NCC(C)Oc1cccc(F)c1)NC1CCN(C(=O)OC)CC1. The molecule has 0 saturated carbocycles. The lowest BCUT2D eigenvalue weighted by Gasteiger charge is -2.32. The van der Waals surface area contributed by atoms with E-state index in [0.717, 1.165) is 19.4 Å². The van der Waals surface area contributed by atoms with Crippen molar-refractivity contribution in [3.8, 4) is 5.75 Å². The van der Waals surface area contributed by atoms with Crippen LogP contribution >= 0.6 is 0 Å². The van der Waals surface area contributed by atoms with Crippen molar-refractivity contribution in [1.82, 2.24) is 15.5 Å². The maximum Gasteiger partial charge on any atom is 0.409 e. The van der Waals surface area contributed by atoms with Crippen molar-refractivity contribution in [2.24, 2.45) is 4.99 Å². The number of hydrogen-bond donors (Lipinski definition) is 2. The molecule has 8 heteroatoms. The second kappa shape index (κ2) is 10.6. The van der Waals surface area contributed by atoms with Gasteiger partial charge in [0.2, 0.25) is 0 Å². The smallest absolute Gasteiger partial charge is 0.409 e. The van der Waals surface area contributed by atoms with Crippen LogP contribution in [0.1, 0.15) is 26.7 Å². The lowest BCUT2D eigenvalue weighted by atomic mass is 10.1. The van der Waals surface area contributed by atoms with E-state index in [4.69, 9.17) is 9.47 Å². The van der Waals surface area contributed by atoms with Gasteiger partial charge in [0.1, 0.15) is 17.7 Å². The van der Waals surface area contributed by atoms with Crippen LogP contribution < -0.4 is 15.4 Å². The molecular weight excluding hydrogens is 351 g/mol. The monoisotopic (exact) mass is 380 g/mol. The molecule has 2 N–H and O–H groups in total. The van der Waals surface area contributed by atoms with E-state index in [1.807, 2.05) is 13.8 Å². The molecule has 1 fully saturated rings. The number of likely N-dealkylation sites (tertiary alicyclic amines) is 1. The maximum atomic E-state index is 13.2. The Morgan fingerprint density at radius 3 is 2.78 bits per heavy atom. The number of carbonyl (C=O) groups is 1. The standard InChI is InChI=1S/C19H29FN4O3/c1-4-21-18(23-16-8-10-24(11-9-16)19(25)26-3)22-13-14(2)27-17-7-5-6-15(20)12-17/h5-7,12,14,16H,4,8-11,13H2,1-3H3,(H2,21,22,23). The number of guanidine groups is 1. The van der Waals surface area contributed by atoms with Crippen LogP contribution in [0.4, 0.5) is 9.18 Å². The molecule has 0 aromatic heterocycles. The fourth-order valence-corrected chi connectivity index (χ4v) is 2.88. The van der Waals surface area contributed by atoms with Crippen LogP contribution in [0.5, 0.6) is 5.75 Å². The third kappa shape index (κ3) is 6.96. The number of carbonyl (C=O) groups excluding carboxylic acids is 1. The topological polar surface area (TPSA) is 75.2 Å². The molecule has 1 aliphatic rings. The van der Waals surface area contributed by atoms with E-state index in [-0.39, 0.29) is 24.1 Å². The molecule has 1 aromatic carbocycles. The largest absolute Gasteiger partial charge is 0.489 e. The minimum atomic E-state index is -0.323. The second-order valence-corrected chi connectivity index (χ2v) is 6.48. The van der Waals surface area contributed by atoms with Crippen molar-refractivity contribution in [3.63, 3.8) is 0 Å². The lowest BCUT2D eigenvalue weighted by Crippen LogP contribution is -2.50. The van der Waals surface area contributed by atoms with Crippen LogP contribution in [0.25, 0.3) is 0 Å².